The lowest BCUT2D eigenvalue weighted by molar-refractivity contribution is 0.271. The van der Waals surface area contributed by atoms with E-state index in [1.54, 1.807) is 11.3 Å². The third-order valence-corrected chi connectivity index (χ3v) is 4.71. The number of likely N-dealkylation sites (N-methyl/N-ethyl adjacent to an activating group) is 1. The van der Waals surface area contributed by atoms with Gasteiger partial charge in [0.1, 0.15) is 0 Å². The maximum absolute atomic E-state index is 5.81. The zero-order chi connectivity index (χ0) is 13.0. The summed E-state index contributed by atoms with van der Waals surface area (Å²) >= 11 is 1.79. The summed E-state index contributed by atoms with van der Waals surface area (Å²) in [5.41, 5.74) is 7.03. The highest BCUT2D eigenvalue weighted by Crippen LogP contribution is 2.27. The molecular weight excluding hydrogens is 244 g/mol. The average Bonchev–Trinajstić information content (AvgIpc) is 2.82. The molecule has 0 unspecified atom stereocenters. The van der Waals surface area contributed by atoms with Crippen LogP contribution in [-0.4, -0.2) is 42.6 Å². The number of aromatic nitrogens is 1. The summed E-state index contributed by atoms with van der Waals surface area (Å²) in [4.78, 5) is 11.0. The molecule has 0 radical (unpaired) electrons. The maximum Gasteiger partial charge on any atom is 0.185 e. The topological polar surface area (TPSA) is 45.4 Å². The smallest absolute Gasteiger partial charge is 0.185 e. The van der Waals surface area contributed by atoms with Crippen LogP contribution in [0.15, 0.2) is 0 Å². The van der Waals surface area contributed by atoms with Crippen LogP contribution >= 0.6 is 11.3 Å². The van der Waals surface area contributed by atoms with Crippen LogP contribution in [0.1, 0.15) is 30.8 Å². The molecular formula is C13H24N4S. The van der Waals surface area contributed by atoms with Gasteiger partial charge in [0.15, 0.2) is 5.13 Å². The molecule has 1 aliphatic heterocycles. The predicted molar refractivity (Wildman–Crippen MR) is 78.3 cm³/mol. The fourth-order valence-corrected chi connectivity index (χ4v) is 3.39. The predicted octanol–water partition coefficient (Wildman–Crippen LogP) is 1.70. The minimum Gasteiger partial charge on any atom is -0.346 e. The van der Waals surface area contributed by atoms with Gasteiger partial charge < -0.3 is 15.5 Å². The summed E-state index contributed by atoms with van der Waals surface area (Å²) < 4.78 is 0. The molecule has 0 amide bonds. The molecule has 2 rings (SSSR count). The van der Waals surface area contributed by atoms with Crippen LogP contribution in [0.2, 0.25) is 0 Å². The Morgan fingerprint density at radius 1 is 1.22 bits per heavy atom. The van der Waals surface area contributed by atoms with Crippen molar-refractivity contribution in [2.75, 3.05) is 37.6 Å². The fourth-order valence-electron chi connectivity index (χ4n) is 2.35. The summed E-state index contributed by atoms with van der Waals surface area (Å²) in [6.07, 6.45) is 2.19. The van der Waals surface area contributed by atoms with Crippen molar-refractivity contribution in [3.05, 3.63) is 10.6 Å². The summed E-state index contributed by atoms with van der Waals surface area (Å²) in [5.74, 6) is 0. The summed E-state index contributed by atoms with van der Waals surface area (Å²) in [7, 11) is 0. The number of thiazole rings is 1. The number of anilines is 1. The number of nitrogens with zero attached hydrogens (tertiary/aromatic N) is 3. The lowest BCUT2D eigenvalue weighted by atomic mass is 10.2. The number of hydrogen-bond donors (Lipinski definition) is 1. The first kappa shape index (κ1) is 13.8. The Morgan fingerprint density at radius 2 is 1.94 bits per heavy atom. The highest BCUT2D eigenvalue weighted by atomic mass is 32.1. The molecule has 0 aliphatic carbocycles. The van der Waals surface area contributed by atoms with Gasteiger partial charge in [-0.25, -0.2) is 4.98 Å². The van der Waals surface area contributed by atoms with Crippen molar-refractivity contribution >= 4 is 16.5 Å². The molecule has 2 N–H and O–H groups in total. The van der Waals surface area contributed by atoms with E-state index in [0.29, 0.717) is 6.54 Å². The van der Waals surface area contributed by atoms with Gasteiger partial charge in [-0.05, 0) is 13.0 Å². The highest BCUT2D eigenvalue weighted by Gasteiger charge is 2.20. The third kappa shape index (κ3) is 3.02. The van der Waals surface area contributed by atoms with E-state index in [2.05, 4.69) is 23.6 Å². The van der Waals surface area contributed by atoms with Crippen molar-refractivity contribution in [3.63, 3.8) is 0 Å². The van der Waals surface area contributed by atoms with E-state index < -0.39 is 0 Å². The Labute approximate surface area is 114 Å². The number of aryl methyl sites for hydroxylation is 1. The van der Waals surface area contributed by atoms with Gasteiger partial charge in [0.05, 0.1) is 5.69 Å². The van der Waals surface area contributed by atoms with E-state index in [1.807, 2.05) is 0 Å². The van der Waals surface area contributed by atoms with Crippen molar-refractivity contribution in [3.8, 4) is 0 Å². The monoisotopic (exact) mass is 268 g/mol. The van der Waals surface area contributed by atoms with Crippen LogP contribution in [0.4, 0.5) is 5.13 Å². The molecule has 0 atom stereocenters. The zero-order valence-corrected chi connectivity index (χ0v) is 12.3. The number of nitrogens with two attached hydrogens (primary N) is 1. The van der Waals surface area contributed by atoms with E-state index in [4.69, 9.17) is 10.7 Å². The molecule has 1 aromatic rings. The normalized spacial score (nSPS) is 17.4. The Morgan fingerprint density at radius 3 is 2.50 bits per heavy atom. The fraction of sp³-hybridized carbons (Fsp3) is 0.769. The van der Waals surface area contributed by atoms with Crippen LogP contribution in [0.3, 0.4) is 0 Å². The van der Waals surface area contributed by atoms with Gasteiger partial charge in [-0.3, -0.25) is 0 Å². The Balaban J connectivity index is 2.05. The van der Waals surface area contributed by atoms with Crippen molar-refractivity contribution in [1.82, 2.24) is 9.88 Å². The van der Waals surface area contributed by atoms with Gasteiger partial charge in [-0.2, -0.15) is 0 Å². The molecule has 4 nitrogen and oxygen atoms in total. The molecule has 1 fully saturated rings. The average molecular weight is 268 g/mol. The molecule has 1 aromatic heterocycles. The molecule has 102 valence electrons. The second-order valence-corrected chi connectivity index (χ2v) is 5.80. The summed E-state index contributed by atoms with van der Waals surface area (Å²) in [6, 6.07) is 0. The summed E-state index contributed by atoms with van der Waals surface area (Å²) in [5, 5.41) is 1.18. The molecule has 1 aliphatic rings. The Hall–Kier alpha value is -0.650. The lowest BCUT2D eigenvalue weighted by Gasteiger charge is -2.33. The second kappa shape index (κ2) is 6.50. The first-order chi connectivity index (χ1) is 8.78. The van der Waals surface area contributed by atoms with E-state index in [1.165, 1.54) is 15.7 Å². The largest absolute Gasteiger partial charge is 0.346 e. The first-order valence-electron chi connectivity index (χ1n) is 6.94. The molecule has 0 aromatic carbocycles. The molecule has 0 bridgehead atoms. The number of piperazine rings is 1. The Kier molecular flexibility index (Phi) is 4.97. The van der Waals surface area contributed by atoms with Crippen molar-refractivity contribution in [1.29, 1.82) is 0 Å². The lowest BCUT2D eigenvalue weighted by Crippen LogP contribution is -2.46. The van der Waals surface area contributed by atoms with Crippen LogP contribution in [0.5, 0.6) is 0 Å². The number of hydrogen-bond acceptors (Lipinski definition) is 5. The minimum absolute atomic E-state index is 0.627. The van der Waals surface area contributed by atoms with E-state index in [-0.39, 0.29) is 0 Å². The van der Waals surface area contributed by atoms with E-state index in [9.17, 15) is 0 Å². The highest BCUT2D eigenvalue weighted by molar-refractivity contribution is 7.15. The first-order valence-corrected chi connectivity index (χ1v) is 7.76. The van der Waals surface area contributed by atoms with Crippen LogP contribution in [-0.2, 0) is 13.0 Å². The van der Waals surface area contributed by atoms with Crippen LogP contribution in [0.25, 0.3) is 0 Å². The zero-order valence-electron chi connectivity index (χ0n) is 11.5. The molecule has 1 saturated heterocycles. The van der Waals surface area contributed by atoms with Gasteiger partial charge in [-0.1, -0.05) is 20.3 Å². The van der Waals surface area contributed by atoms with Crippen molar-refractivity contribution in [2.45, 2.75) is 33.2 Å². The van der Waals surface area contributed by atoms with Gasteiger partial charge in [0.2, 0.25) is 0 Å². The third-order valence-electron chi connectivity index (χ3n) is 3.53. The molecule has 5 heteroatoms. The van der Waals surface area contributed by atoms with E-state index in [0.717, 1.165) is 45.6 Å². The molecule has 0 saturated carbocycles. The van der Waals surface area contributed by atoms with E-state index >= 15 is 0 Å². The van der Waals surface area contributed by atoms with Crippen LogP contribution < -0.4 is 10.6 Å². The SMILES string of the molecule is CCCc1nc(N2CCN(CC)CC2)sc1CN. The van der Waals surface area contributed by atoms with Gasteiger partial charge >= 0.3 is 0 Å². The maximum atomic E-state index is 5.81. The second-order valence-electron chi connectivity index (χ2n) is 4.74. The summed E-state index contributed by atoms with van der Waals surface area (Å²) in [6.45, 7) is 10.7. The molecule has 18 heavy (non-hydrogen) atoms. The standard InChI is InChI=1S/C13H24N4S/c1-3-5-11-12(10-14)18-13(15-11)17-8-6-16(4-2)7-9-17/h3-10,14H2,1-2H3. The van der Waals surface area contributed by atoms with Crippen molar-refractivity contribution in [2.24, 2.45) is 5.73 Å². The van der Waals surface area contributed by atoms with Crippen molar-refractivity contribution < 1.29 is 0 Å². The quantitative estimate of drug-likeness (QED) is 0.883. The number of rotatable bonds is 5. The molecule has 0 spiro atoms. The van der Waals surface area contributed by atoms with Gasteiger partial charge in [0, 0.05) is 37.6 Å². The van der Waals surface area contributed by atoms with Gasteiger partial charge in [-0.15, -0.1) is 11.3 Å². The van der Waals surface area contributed by atoms with Crippen LogP contribution in [0, 0.1) is 0 Å². The molecule has 2 heterocycles. The van der Waals surface area contributed by atoms with Gasteiger partial charge in [0.25, 0.3) is 0 Å². The minimum atomic E-state index is 0.627. The Bertz CT molecular complexity index is 369.